The number of hydrogen-bond acceptors (Lipinski definition) is 10. The van der Waals surface area contributed by atoms with Crippen molar-refractivity contribution < 1.29 is 13.5 Å². The first-order chi connectivity index (χ1) is 25.8. The van der Waals surface area contributed by atoms with E-state index in [1.54, 1.807) is 21.3 Å². The van der Waals surface area contributed by atoms with Crippen molar-refractivity contribution in [3.05, 3.63) is 105 Å². The fourth-order valence-electron chi connectivity index (χ4n) is 7.42. The molecule has 55 heavy (non-hydrogen) atoms. The van der Waals surface area contributed by atoms with Crippen LogP contribution in [-0.2, 0) is 26.1 Å². The molecule has 2 saturated heterocycles. The summed E-state index contributed by atoms with van der Waals surface area (Å²) in [7, 11) is 0. The first-order valence-corrected chi connectivity index (χ1v) is 18.6. The second kappa shape index (κ2) is 19.3. The number of aryl methyl sites for hydroxylation is 1. The second-order valence-electron chi connectivity index (χ2n) is 14.2. The summed E-state index contributed by atoms with van der Waals surface area (Å²) in [6, 6.07) is 11.9. The zero-order valence-corrected chi connectivity index (χ0v) is 29.9. The summed E-state index contributed by atoms with van der Waals surface area (Å²) in [4.78, 5) is 41.7. The number of likely N-dealkylation sites (tertiary alicyclic amines) is 2. The second-order valence-corrected chi connectivity index (χ2v) is 14.2. The number of aromatic nitrogens is 5. The van der Waals surface area contributed by atoms with E-state index in [-0.39, 0.29) is 26.0 Å². The predicted octanol–water partition coefficient (Wildman–Crippen LogP) is 4.74. The molecule has 3 aliphatic heterocycles. The van der Waals surface area contributed by atoms with E-state index in [1.165, 1.54) is 42.2 Å². The van der Waals surface area contributed by atoms with Gasteiger partial charge in [0.05, 0.1) is 53.0 Å². The third-order valence-corrected chi connectivity index (χ3v) is 10.5. The Balaban J connectivity index is 0.000000220. The lowest BCUT2D eigenvalue weighted by molar-refractivity contribution is 0.191. The van der Waals surface area contributed by atoms with E-state index in [1.807, 2.05) is 6.20 Å². The lowest BCUT2D eigenvalue weighted by Gasteiger charge is -2.32. The first kappa shape index (κ1) is 41.5. The maximum atomic E-state index is 13.7. The number of nitrogens with one attached hydrogen (secondary N) is 1. The molecule has 0 amide bonds. The quantitative estimate of drug-likeness (QED) is 0.217. The van der Waals surface area contributed by atoms with Gasteiger partial charge in [-0.3, -0.25) is 24.5 Å². The molecular formula is C41H55F2N9O3. The van der Waals surface area contributed by atoms with E-state index >= 15 is 0 Å². The highest BCUT2D eigenvalue weighted by Crippen LogP contribution is 2.24. The van der Waals surface area contributed by atoms with Crippen LogP contribution >= 0.6 is 0 Å². The van der Waals surface area contributed by atoms with Crippen molar-refractivity contribution in [2.45, 2.75) is 85.1 Å². The summed E-state index contributed by atoms with van der Waals surface area (Å²) >= 11 is 0. The molecule has 8 rings (SSSR count). The third kappa shape index (κ3) is 10.6. The van der Waals surface area contributed by atoms with E-state index in [0.29, 0.717) is 47.2 Å². The number of halogens is 2. The first-order valence-electron chi connectivity index (χ1n) is 18.6. The van der Waals surface area contributed by atoms with Crippen LogP contribution in [0.5, 0.6) is 5.75 Å². The average molecular weight is 760 g/mol. The normalized spacial score (nSPS) is 16.7. The van der Waals surface area contributed by atoms with Crippen molar-refractivity contribution in [3.63, 3.8) is 0 Å². The number of piperidine rings is 2. The molecule has 5 aromatic heterocycles. The summed E-state index contributed by atoms with van der Waals surface area (Å²) in [5, 5.41) is 3.64. The van der Waals surface area contributed by atoms with Crippen LogP contribution in [0.2, 0.25) is 0 Å². The number of fused-ring (bicyclic) bond motifs is 3. The smallest absolute Gasteiger partial charge is 0.251 e. The maximum Gasteiger partial charge on any atom is 0.251 e. The largest absolute Gasteiger partial charge is 0.492 e. The summed E-state index contributed by atoms with van der Waals surface area (Å²) in [6.45, 7) is 7.98. The van der Waals surface area contributed by atoms with E-state index in [9.17, 15) is 18.4 Å². The molecule has 0 aromatic carbocycles. The Hall–Kier alpha value is -4.63. The summed E-state index contributed by atoms with van der Waals surface area (Å²) < 4.78 is 35.9. The molecule has 2 fully saturated rings. The number of nitrogens with two attached hydrogens (primary N) is 1. The summed E-state index contributed by atoms with van der Waals surface area (Å²) in [5.41, 5.74) is 10.3. The molecule has 5 aromatic rings. The number of ether oxygens (including phenoxy) is 1. The van der Waals surface area contributed by atoms with Crippen LogP contribution in [0.15, 0.2) is 70.6 Å². The molecule has 0 spiro atoms. The Morgan fingerprint density at radius 2 is 1.27 bits per heavy atom. The highest BCUT2D eigenvalue weighted by molar-refractivity contribution is 5.74. The minimum absolute atomic E-state index is 0. The minimum atomic E-state index is -0.426. The molecule has 0 aliphatic carbocycles. The highest BCUT2D eigenvalue weighted by atomic mass is 19.1. The highest BCUT2D eigenvalue weighted by Gasteiger charge is 2.20. The monoisotopic (exact) mass is 759 g/mol. The van der Waals surface area contributed by atoms with Crippen molar-refractivity contribution in [1.29, 1.82) is 0 Å². The molecule has 14 heteroatoms. The fraction of sp³-hybridized carbons (Fsp3) is 0.488. The van der Waals surface area contributed by atoms with Crippen LogP contribution in [0.3, 0.4) is 0 Å². The predicted molar refractivity (Wildman–Crippen MR) is 213 cm³/mol. The van der Waals surface area contributed by atoms with Crippen LogP contribution in [0, 0.1) is 11.6 Å². The van der Waals surface area contributed by atoms with Crippen LogP contribution in [0.4, 0.5) is 8.78 Å². The zero-order chi connectivity index (χ0) is 36.7. The molecule has 296 valence electrons. The van der Waals surface area contributed by atoms with Crippen molar-refractivity contribution >= 4 is 22.1 Å². The molecule has 12 nitrogen and oxygen atoms in total. The Labute approximate surface area is 321 Å². The molecule has 0 saturated carbocycles. The molecule has 0 unspecified atom stereocenters. The van der Waals surface area contributed by atoms with Crippen LogP contribution < -0.4 is 26.9 Å². The van der Waals surface area contributed by atoms with Gasteiger partial charge >= 0.3 is 0 Å². The van der Waals surface area contributed by atoms with Gasteiger partial charge in [0.1, 0.15) is 17.4 Å². The number of nitrogens with zero attached hydrogens (tertiary/aromatic N) is 7. The van der Waals surface area contributed by atoms with Crippen LogP contribution in [0.1, 0.15) is 58.2 Å². The Morgan fingerprint density at radius 3 is 1.84 bits per heavy atom. The van der Waals surface area contributed by atoms with Crippen molar-refractivity contribution in [2.24, 2.45) is 5.73 Å². The molecule has 8 heterocycles. The van der Waals surface area contributed by atoms with Gasteiger partial charge in [0.15, 0.2) is 0 Å². The van der Waals surface area contributed by atoms with Gasteiger partial charge in [-0.2, -0.15) is 0 Å². The van der Waals surface area contributed by atoms with Crippen molar-refractivity contribution in [2.75, 3.05) is 45.9 Å². The standard InChI is InChI=1S/C24H28FN5O2.C15H19FN4O.2CH4/c25-18-13-22-21(28-14-18)3-4-24(31)30(22)10-9-29-7-5-19(6-8-29)26-15-20-12-17-2-1-11-32-23(17)16-27-20;16-11-9-14-13(18-10-11)1-2-15(21)20(14)8-7-19-5-3-12(17)4-6-19;;/h3-4,12-14,16,19,26H,1-2,5-11,15H2;1-2,9-10,12H,3-8,17H2;2*1H4. The molecule has 3 N–H and O–H groups in total. The van der Waals surface area contributed by atoms with E-state index in [4.69, 9.17) is 10.5 Å². The van der Waals surface area contributed by atoms with Gasteiger partial charge in [-0.15, -0.1) is 0 Å². The van der Waals surface area contributed by atoms with Crippen LogP contribution in [0.25, 0.3) is 22.1 Å². The van der Waals surface area contributed by atoms with Gasteiger partial charge in [0.2, 0.25) is 0 Å². The van der Waals surface area contributed by atoms with Crippen molar-refractivity contribution in [3.8, 4) is 5.75 Å². The summed E-state index contributed by atoms with van der Waals surface area (Å²) in [5.74, 6) is 0.0765. The Morgan fingerprint density at radius 1 is 0.727 bits per heavy atom. The topological polar surface area (TPSA) is 136 Å². The van der Waals surface area contributed by atoms with Gasteiger partial charge in [0.25, 0.3) is 11.1 Å². The molecule has 0 bridgehead atoms. The van der Waals surface area contributed by atoms with Gasteiger partial charge in [-0.1, -0.05) is 14.9 Å². The fourth-order valence-corrected chi connectivity index (χ4v) is 7.42. The lowest BCUT2D eigenvalue weighted by atomic mass is 10.0. The van der Waals surface area contributed by atoms with E-state index < -0.39 is 11.6 Å². The van der Waals surface area contributed by atoms with E-state index in [2.05, 4.69) is 36.1 Å². The van der Waals surface area contributed by atoms with Crippen molar-refractivity contribution in [1.82, 2.24) is 39.2 Å². The lowest BCUT2D eigenvalue weighted by Crippen LogP contribution is -2.43. The number of rotatable bonds is 9. The van der Waals surface area contributed by atoms with Gasteiger partial charge in [-0.05, 0) is 88.5 Å². The SMILES string of the molecule is C.C.NC1CCN(CCn2c(=O)ccc3ncc(F)cc32)CC1.O=c1ccc2ncc(F)cc2n1CCN1CCC(NCc2cc3c(cn2)OCCC3)CC1. The molecule has 3 aliphatic rings. The van der Waals surface area contributed by atoms with Crippen LogP contribution in [-0.4, -0.2) is 91.8 Å². The molecular weight excluding hydrogens is 705 g/mol. The van der Waals surface area contributed by atoms with Gasteiger partial charge in [0, 0.05) is 69.1 Å². The zero-order valence-electron chi connectivity index (χ0n) is 29.9. The Bertz CT molecular complexity index is 2140. The minimum Gasteiger partial charge on any atom is -0.492 e. The number of hydrogen-bond donors (Lipinski definition) is 2. The maximum absolute atomic E-state index is 13.7. The average Bonchev–Trinajstić information content (AvgIpc) is 3.17. The summed E-state index contributed by atoms with van der Waals surface area (Å²) in [6.07, 6.45) is 10.4. The van der Waals surface area contributed by atoms with Gasteiger partial charge < -0.3 is 34.7 Å². The molecule has 0 atom stereocenters. The molecule has 0 radical (unpaired) electrons. The van der Waals surface area contributed by atoms with E-state index in [0.717, 1.165) is 102 Å². The van der Waals surface area contributed by atoms with Gasteiger partial charge in [-0.25, -0.2) is 8.78 Å². The Kier molecular flexibility index (Phi) is 14.6. The third-order valence-electron chi connectivity index (χ3n) is 10.5. The number of pyridine rings is 5.